The van der Waals surface area contributed by atoms with Crippen molar-refractivity contribution >= 4 is 33.3 Å². The van der Waals surface area contributed by atoms with Crippen LogP contribution in [-0.2, 0) is 9.53 Å². The summed E-state index contributed by atoms with van der Waals surface area (Å²) in [5.41, 5.74) is 0.243. The molecule has 1 saturated heterocycles. The van der Waals surface area contributed by atoms with E-state index in [1.165, 1.54) is 17.0 Å². The summed E-state index contributed by atoms with van der Waals surface area (Å²) in [5.74, 6) is -1.83. The highest BCUT2D eigenvalue weighted by Gasteiger charge is 2.43. The van der Waals surface area contributed by atoms with Crippen molar-refractivity contribution in [2.45, 2.75) is 18.9 Å². The van der Waals surface area contributed by atoms with Crippen LogP contribution in [0.5, 0.6) is 0 Å². The zero-order valence-electron chi connectivity index (χ0n) is 9.99. The van der Waals surface area contributed by atoms with Crippen LogP contribution < -0.4 is 4.90 Å². The molecule has 0 atom stereocenters. The largest absolute Gasteiger partial charge is 0.381 e. The number of benzene rings is 1. The molecule has 0 aromatic heterocycles. The monoisotopic (exact) mass is 327 g/mol. The first kappa shape index (κ1) is 12.7. The molecule has 3 rings (SSSR count). The molecule has 0 spiro atoms. The van der Waals surface area contributed by atoms with Gasteiger partial charge in [-0.15, -0.1) is 0 Å². The number of fused-ring (bicyclic) bond motifs is 1. The van der Waals surface area contributed by atoms with Crippen LogP contribution in [0.2, 0.25) is 0 Å². The maximum atomic E-state index is 14.0. The number of rotatable bonds is 1. The summed E-state index contributed by atoms with van der Waals surface area (Å²) in [4.78, 5) is 25.4. The second-order valence-electron chi connectivity index (χ2n) is 4.60. The lowest BCUT2D eigenvalue weighted by Crippen LogP contribution is -2.43. The average Bonchev–Trinajstić information content (AvgIpc) is 2.69. The molecule has 1 fully saturated rings. The number of hydrogen-bond donors (Lipinski definition) is 0. The Morgan fingerprint density at radius 3 is 2.63 bits per heavy atom. The lowest BCUT2D eigenvalue weighted by Gasteiger charge is -2.31. The topological polar surface area (TPSA) is 46.6 Å². The molecule has 2 aliphatic heterocycles. The molecule has 19 heavy (non-hydrogen) atoms. The van der Waals surface area contributed by atoms with E-state index in [0.717, 1.165) is 0 Å². The first-order valence-electron chi connectivity index (χ1n) is 6.05. The van der Waals surface area contributed by atoms with E-state index in [1.807, 2.05) is 0 Å². The average molecular weight is 328 g/mol. The van der Waals surface area contributed by atoms with Crippen molar-refractivity contribution in [3.8, 4) is 0 Å². The van der Waals surface area contributed by atoms with Crippen LogP contribution >= 0.6 is 15.9 Å². The fourth-order valence-corrected chi connectivity index (χ4v) is 3.10. The molecule has 0 unspecified atom stereocenters. The minimum atomic E-state index is -0.646. The minimum absolute atomic E-state index is 0.108. The van der Waals surface area contributed by atoms with Gasteiger partial charge >= 0.3 is 0 Å². The molecule has 1 amide bonds. The summed E-state index contributed by atoms with van der Waals surface area (Å²) in [6, 6.07) is 2.55. The number of hydrogen-bond acceptors (Lipinski definition) is 3. The number of nitrogens with zero attached hydrogens (tertiary/aromatic N) is 1. The van der Waals surface area contributed by atoms with Crippen LogP contribution in [0.3, 0.4) is 0 Å². The molecule has 0 radical (unpaired) electrons. The van der Waals surface area contributed by atoms with Crippen LogP contribution in [-0.4, -0.2) is 30.9 Å². The normalized spacial score (nSPS) is 20.0. The number of anilines is 1. The Hall–Kier alpha value is -1.27. The zero-order valence-corrected chi connectivity index (χ0v) is 11.6. The van der Waals surface area contributed by atoms with Crippen LogP contribution in [0.1, 0.15) is 23.2 Å². The van der Waals surface area contributed by atoms with Gasteiger partial charge in [0.2, 0.25) is 0 Å². The van der Waals surface area contributed by atoms with E-state index < -0.39 is 17.5 Å². The number of carbonyl (C=O) groups is 2. The van der Waals surface area contributed by atoms with Crippen LogP contribution in [0, 0.1) is 5.82 Å². The smallest absolute Gasteiger partial charge is 0.299 e. The maximum absolute atomic E-state index is 14.0. The van der Waals surface area contributed by atoms with E-state index in [0.29, 0.717) is 30.5 Å². The second kappa shape index (κ2) is 4.68. The van der Waals surface area contributed by atoms with Gasteiger partial charge in [-0.1, -0.05) is 0 Å². The number of carbonyl (C=O) groups excluding carboxylic acids is 2. The summed E-state index contributed by atoms with van der Waals surface area (Å²) >= 11 is 3.21. The Bertz CT molecular complexity index is 569. The molecule has 100 valence electrons. The fourth-order valence-electron chi connectivity index (χ4n) is 2.60. The summed E-state index contributed by atoms with van der Waals surface area (Å²) in [6.45, 7) is 1.04. The van der Waals surface area contributed by atoms with Gasteiger partial charge in [0, 0.05) is 23.7 Å². The molecule has 4 nitrogen and oxygen atoms in total. The Morgan fingerprint density at radius 1 is 1.26 bits per heavy atom. The number of ether oxygens (including phenoxy) is 1. The summed E-state index contributed by atoms with van der Waals surface area (Å²) < 4.78 is 19.7. The van der Waals surface area contributed by atoms with Crippen molar-refractivity contribution in [3.05, 3.63) is 28.0 Å². The molecule has 2 aliphatic rings. The van der Waals surface area contributed by atoms with Crippen LogP contribution in [0.25, 0.3) is 0 Å². The molecule has 1 aromatic carbocycles. The van der Waals surface area contributed by atoms with E-state index in [-0.39, 0.29) is 17.3 Å². The van der Waals surface area contributed by atoms with Crippen molar-refractivity contribution in [2.24, 2.45) is 0 Å². The molecule has 0 bridgehead atoms. The summed E-state index contributed by atoms with van der Waals surface area (Å²) in [7, 11) is 0. The number of amides is 1. The number of ketones is 1. The molecular weight excluding hydrogens is 317 g/mol. The summed E-state index contributed by atoms with van der Waals surface area (Å²) in [5, 5.41) is 0. The molecule has 6 heteroatoms. The van der Waals surface area contributed by atoms with Gasteiger partial charge in [-0.3, -0.25) is 14.5 Å². The third kappa shape index (κ3) is 1.90. The van der Waals surface area contributed by atoms with Crippen LogP contribution in [0.15, 0.2) is 16.6 Å². The van der Waals surface area contributed by atoms with E-state index in [4.69, 9.17) is 4.74 Å². The Morgan fingerprint density at radius 2 is 1.95 bits per heavy atom. The number of Topliss-reactive ketones (excluding diaryl/α,β-unsaturated/α-hetero) is 1. The Kier molecular flexibility index (Phi) is 3.14. The molecular formula is C13H11BrFNO3. The molecule has 0 N–H and O–H groups in total. The van der Waals surface area contributed by atoms with E-state index >= 15 is 0 Å². The van der Waals surface area contributed by atoms with Crippen molar-refractivity contribution < 1.29 is 18.7 Å². The van der Waals surface area contributed by atoms with Gasteiger partial charge in [0.25, 0.3) is 11.7 Å². The molecule has 0 saturated carbocycles. The Balaban J connectivity index is 2.11. The van der Waals surface area contributed by atoms with Crippen molar-refractivity contribution in [1.29, 1.82) is 0 Å². The predicted molar refractivity (Wildman–Crippen MR) is 69.8 cm³/mol. The first-order chi connectivity index (χ1) is 9.11. The standard InChI is InChI=1S/C13H11BrFNO3/c14-8-1-2-9(15)11-10(8)12(17)13(18)16(11)7-3-5-19-6-4-7/h1-2,7H,3-6H2. The van der Waals surface area contributed by atoms with Crippen molar-refractivity contribution in [3.63, 3.8) is 0 Å². The highest BCUT2D eigenvalue weighted by Crippen LogP contribution is 2.39. The zero-order chi connectivity index (χ0) is 13.6. The quantitative estimate of drug-likeness (QED) is 0.743. The third-order valence-electron chi connectivity index (χ3n) is 3.51. The van der Waals surface area contributed by atoms with Crippen molar-refractivity contribution in [1.82, 2.24) is 0 Å². The maximum Gasteiger partial charge on any atom is 0.299 e. The van der Waals surface area contributed by atoms with E-state index in [1.54, 1.807) is 0 Å². The molecule has 0 aliphatic carbocycles. The predicted octanol–water partition coefficient (Wildman–Crippen LogP) is 2.30. The van der Waals surface area contributed by atoms with Gasteiger partial charge in [0.15, 0.2) is 0 Å². The highest BCUT2D eigenvalue weighted by molar-refractivity contribution is 9.10. The molecule has 1 aromatic rings. The fraction of sp³-hybridized carbons (Fsp3) is 0.385. The van der Waals surface area contributed by atoms with Gasteiger partial charge in [-0.25, -0.2) is 4.39 Å². The van der Waals surface area contributed by atoms with Gasteiger partial charge in [-0.2, -0.15) is 0 Å². The lowest BCUT2D eigenvalue weighted by atomic mass is 10.1. The Labute approximate surface area is 117 Å². The van der Waals surface area contributed by atoms with E-state index in [2.05, 4.69) is 15.9 Å². The van der Waals surface area contributed by atoms with Gasteiger partial charge < -0.3 is 4.74 Å². The SMILES string of the molecule is O=C1C(=O)N(C2CCOCC2)c2c(F)ccc(Br)c21. The van der Waals surface area contributed by atoms with Gasteiger partial charge in [-0.05, 0) is 40.9 Å². The minimum Gasteiger partial charge on any atom is -0.381 e. The number of halogens is 2. The highest BCUT2D eigenvalue weighted by atomic mass is 79.9. The second-order valence-corrected chi connectivity index (χ2v) is 5.45. The third-order valence-corrected chi connectivity index (χ3v) is 4.18. The van der Waals surface area contributed by atoms with E-state index in [9.17, 15) is 14.0 Å². The van der Waals surface area contributed by atoms with Crippen LogP contribution in [0.4, 0.5) is 10.1 Å². The van der Waals surface area contributed by atoms with Gasteiger partial charge in [0.05, 0.1) is 11.3 Å². The summed E-state index contributed by atoms with van der Waals surface area (Å²) in [6.07, 6.45) is 1.23. The molecule has 2 heterocycles. The van der Waals surface area contributed by atoms with Crippen molar-refractivity contribution in [2.75, 3.05) is 18.1 Å². The van der Waals surface area contributed by atoms with Gasteiger partial charge in [0.1, 0.15) is 5.82 Å². The first-order valence-corrected chi connectivity index (χ1v) is 6.84. The lowest BCUT2D eigenvalue weighted by molar-refractivity contribution is -0.115.